The fraction of sp³-hybridized carbons (Fsp3) is 0.737. The van der Waals surface area contributed by atoms with Crippen molar-refractivity contribution in [3.8, 4) is 0 Å². The number of aromatic nitrogens is 2. The van der Waals surface area contributed by atoms with Gasteiger partial charge in [0.2, 0.25) is 0 Å². The van der Waals surface area contributed by atoms with Gasteiger partial charge in [0.25, 0.3) is 5.56 Å². The maximum absolute atomic E-state index is 12.9. The zero-order chi connectivity index (χ0) is 25.6. The molecule has 2 rings (SSSR count). The number of aryl methyl sites for hydroxylation is 1. The number of aromatic amines is 1. The number of carbonyl (C=O) groups is 1. The third-order valence-corrected chi connectivity index (χ3v) is 6.76. The van der Waals surface area contributed by atoms with Crippen LogP contribution in [0.1, 0.15) is 52.8 Å². The first-order valence-electron chi connectivity index (χ1n) is 10.8. The topological polar surface area (TPSA) is 187 Å². The fourth-order valence-electron chi connectivity index (χ4n) is 3.24. The Morgan fingerprint density at radius 2 is 1.94 bits per heavy atom. The molecule has 0 unspecified atom stereocenters. The predicted octanol–water partition coefficient (Wildman–Crippen LogP) is 2.29. The highest BCUT2D eigenvalue weighted by Gasteiger charge is 2.38. The van der Waals surface area contributed by atoms with Crippen LogP contribution in [0.15, 0.2) is 20.9 Å². The lowest BCUT2D eigenvalue weighted by molar-refractivity contribution is -0.150. The molecule has 2 heterocycles. The van der Waals surface area contributed by atoms with Crippen molar-refractivity contribution in [1.29, 1.82) is 0 Å². The fourth-order valence-corrected chi connectivity index (χ4v) is 5.11. The van der Waals surface area contributed by atoms with Crippen molar-refractivity contribution in [3.05, 3.63) is 43.0 Å². The minimum Gasteiger partial charge on any atom is -0.462 e. The molecule has 1 aromatic heterocycles. The van der Waals surface area contributed by atoms with E-state index in [1.807, 2.05) is 0 Å². The smallest absolute Gasteiger partial charge is 0.406 e. The third-order valence-electron chi connectivity index (χ3n) is 4.65. The van der Waals surface area contributed by atoms with Gasteiger partial charge in [-0.15, -0.1) is 0 Å². The summed E-state index contributed by atoms with van der Waals surface area (Å²) in [6.07, 6.45) is -1.05. The first-order chi connectivity index (χ1) is 15.8. The first kappa shape index (κ1) is 27.8. The van der Waals surface area contributed by atoms with E-state index >= 15 is 0 Å². The number of nitrogens with zero attached hydrogens (tertiary/aromatic N) is 4. The highest BCUT2D eigenvalue weighted by atomic mass is 31.2. The van der Waals surface area contributed by atoms with E-state index in [1.54, 1.807) is 27.7 Å². The molecule has 1 aromatic rings. The van der Waals surface area contributed by atoms with E-state index in [0.29, 0.717) is 5.56 Å². The number of H-pyrrole nitrogens is 1. The molecule has 1 fully saturated rings. The standard InChI is InChI=1S/C19H31N6O8P/c1-10(2)32-34(29,33-11(3)4)23-13(6)18(27)30-9-15-14(22-24-20)7-16(31-15)25-8-12(5)17(26)21-19(25)28/h8,10-11,13-16H,7,9H2,1-6H3,(H,23,29)(H,21,26,28)/t13-,14-,15+,16+/m0/s1. The monoisotopic (exact) mass is 502 g/mol. The largest absolute Gasteiger partial charge is 0.462 e. The second-order valence-corrected chi connectivity index (χ2v) is 10.1. The van der Waals surface area contributed by atoms with Crippen molar-refractivity contribution < 1.29 is 27.9 Å². The third kappa shape index (κ3) is 7.52. The quantitative estimate of drug-likeness (QED) is 0.150. The molecule has 190 valence electrons. The normalized spacial score (nSPS) is 21.5. The molecule has 0 saturated carbocycles. The molecule has 15 heteroatoms. The maximum Gasteiger partial charge on any atom is 0.406 e. The second-order valence-electron chi connectivity index (χ2n) is 8.40. The minimum atomic E-state index is -3.79. The molecule has 34 heavy (non-hydrogen) atoms. The van der Waals surface area contributed by atoms with Gasteiger partial charge in [-0.2, -0.15) is 0 Å². The second kappa shape index (κ2) is 11.8. The van der Waals surface area contributed by atoms with Crippen LogP contribution in [0.4, 0.5) is 0 Å². The number of ether oxygens (including phenoxy) is 2. The highest BCUT2D eigenvalue weighted by Crippen LogP contribution is 2.46. The molecular formula is C19H31N6O8P. The van der Waals surface area contributed by atoms with Gasteiger partial charge < -0.3 is 9.47 Å². The first-order valence-corrected chi connectivity index (χ1v) is 12.3. The van der Waals surface area contributed by atoms with E-state index < -0.39 is 61.6 Å². The lowest BCUT2D eigenvalue weighted by atomic mass is 10.1. The number of esters is 1. The molecule has 1 aliphatic heterocycles. The molecule has 0 aliphatic carbocycles. The number of hydrogen-bond acceptors (Lipinski definition) is 9. The molecule has 1 aliphatic rings. The minimum absolute atomic E-state index is 0.130. The van der Waals surface area contributed by atoms with Crippen LogP contribution in [0.5, 0.6) is 0 Å². The molecule has 0 amide bonds. The average Bonchev–Trinajstić information content (AvgIpc) is 3.10. The molecule has 0 spiro atoms. The van der Waals surface area contributed by atoms with E-state index in [4.69, 9.17) is 24.1 Å². The summed E-state index contributed by atoms with van der Waals surface area (Å²) in [6, 6.07) is -1.78. The van der Waals surface area contributed by atoms with Crippen LogP contribution < -0.4 is 16.3 Å². The maximum atomic E-state index is 12.9. The lowest BCUT2D eigenvalue weighted by Crippen LogP contribution is -2.37. The molecule has 0 bridgehead atoms. The van der Waals surface area contributed by atoms with Gasteiger partial charge in [-0.1, -0.05) is 5.11 Å². The van der Waals surface area contributed by atoms with Crippen LogP contribution in [-0.2, 0) is 27.9 Å². The van der Waals surface area contributed by atoms with Crippen LogP contribution in [-0.4, -0.2) is 52.5 Å². The molecule has 0 radical (unpaired) electrons. The van der Waals surface area contributed by atoms with Gasteiger partial charge in [0.15, 0.2) is 0 Å². The summed E-state index contributed by atoms with van der Waals surface area (Å²) in [4.78, 5) is 41.3. The Morgan fingerprint density at radius 1 is 1.32 bits per heavy atom. The molecule has 1 saturated heterocycles. The van der Waals surface area contributed by atoms with Crippen molar-refractivity contribution in [2.45, 2.75) is 84.6 Å². The van der Waals surface area contributed by atoms with Crippen LogP contribution in [0, 0.1) is 6.92 Å². The Bertz CT molecular complexity index is 1070. The molecule has 2 N–H and O–H groups in total. The highest BCUT2D eigenvalue weighted by molar-refractivity contribution is 7.51. The summed E-state index contributed by atoms with van der Waals surface area (Å²) in [5.41, 5.74) is 7.99. The SMILES string of the molecule is Cc1cn([C@H]2C[C@H](N=[N+]=[N-])[C@@H](COC(=O)[C@H](C)NP(=O)(OC(C)C)OC(C)C)O2)c(=O)[nH]c1=O. The molecular weight excluding hydrogens is 471 g/mol. The van der Waals surface area contributed by atoms with Crippen LogP contribution in [0.2, 0.25) is 0 Å². The van der Waals surface area contributed by atoms with Crippen molar-refractivity contribution >= 4 is 13.7 Å². The number of nitrogens with one attached hydrogen (secondary N) is 2. The summed E-state index contributed by atoms with van der Waals surface area (Å²) >= 11 is 0. The molecule has 0 aromatic carbocycles. The summed E-state index contributed by atoms with van der Waals surface area (Å²) in [6.45, 7) is 9.41. The van der Waals surface area contributed by atoms with E-state index in [2.05, 4.69) is 20.1 Å². The summed E-state index contributed by atoms with van der Waals surface area (Å²) in [5, 5.41) is 6.23. The Labute approximate surface area is 196 Å². The predicted molar refractivity (Wildman–Crippen MR) is 121 cm³/mol. The van der Waals surface area contributed by atoms with E-state index in [-0.39, 0.29) is 13.0 Å². The Hall–Kier alpha value is -2.47. The lowest BCUT2D eigenvalue weighted by Gasteiger charge is -2.25. The van der Waals surface area contributed by atoms with Crippen molar-refractivity contribution in [3.63, 3.8) is 0 Å². The molecule has 14 nitrogen and oxygen atoms in total. The van der Waals surface area contributed by atoms with Crippen molar-refractivity contribution in [2.75, 3.05) is 6.61 Å². The zero-order valence-corrected chi connectivity index (χ0v) is 20.9. The Kier molecular flexibility index (Phi) is 9.63. The van der Waals surface area contributed by atoms with Crippen molar-refractivity contribution in [2.24, 2.45) is 5.11 Å². The van der Waals surface area contributed by atoms with E-state index in [1.165, 1.54) is 24.6 Å². The molecule has 4 atom stereocenters. The van der Waals surface area contributed by atoms with Gasteiger partial charge in [-0.25, -0.2) is 14.4 Å². The Morgan fingerprint density at radius 3 is 2.50 bits per heavy atom. The van der Waals surface area contributed by atoms with Gasteiger partial charge in [0.05, 0.1) is 18.2 Å². The number of azide groups is 1. The van der Waals surface area contributed by atoms with Gasteiger partial charge in [-0.05, 0) is 47.1 Å². The summed E-state index contributed by atoms with van der Waals surface area (Å²) in [7, 11) is -3.79. The van der Waals surface area contributed by atoms with Gasteiger partial charge in [0.1, 0.15) is 25.0 Å². The summed E-state index contributed by atoms with van der Waals surface area (Å²) in [5.74, 6) is -0.760. The van der Waals surface area contributed by atoms with Gasteiger partial charge in [-0.3, -0.25) is 28.2 Å². The number of carbonyl (C=O) groups excluding carboxylic acids is 1. The van der Waals surface area contributed by atoms with E-state index in [9.17, 15) is 18.9 Å². The van der Waals surface area contributed by atoms with Gasteiger partial charge >= 0.3 is 19.4 Å². The van der Waals surface area contributed by atoms with Crippen LogP contribution in [0.25, 0.3) is 10.4 Å². The zero-order valence-electron chi connectivity index (χ0n) is 20.0. The average molecular weight is 502 g/mol. The van der Waals surface area contributed by atoms with Gasteiger partial charge in [0, 0.05) is 23.1 Å². The van der Waals surface area contributed by atoms with Crippen molar-refractivity contribution in [1.82, 2.24) is 14.6 Å². The van der Waals surface area contributed by atoms with Crippen LogP contribution in [0.3, 0.4) is 0 Å². The summed E-state index contributed by atoms with van der Waals surface area (Å²) < 4.78 is 35.9. The van der Waals surface area contributed by atoms with E-state index in [0.717, 1.165) is 0 Å². The Balaban J connectivity index is 2.07. The number of rotatable bonds is 11. The van der Waals surface area contributed by atoms with Crippen LogP contribution >= 0.6 is 7.75 Å². The number of hydrogen-bond donors (Lipinski definition) is 2.